The highest BCUT2D eigenvalue weighted by atomic mass is 16.6. The normalized spacial score (nSPS) is 19.9. The number of hydrogen-bond donors (Lipinski definition) is 1. The van der Waals surface area contributed by atoms with Crippen LogP contribution in [0.15, 0.2) is 18.2 Å². The first kappa shape index (κ1) is 8.19. The first-order valence-corrected chi connectivity index (χ1v) is 4.26. The molecule has 3 N–H and O–H groups in total. The molecule has 1 aromatic rings. The third kappa shape index (κ3) is 1.40. The van der Waals surface area contributed by atoms with E-state index in [1.165, 1.54) is 5.56 Å². The Bertz CT molecular complexity index is 363. The summed E-state index contributed by atoms with van der Waals surface area (Å²) in [5.74, 6) is 0. The fraction of sp³-hybridized carbons (Fsp3) is 0.333. The van der Waals surface area contributed by atoms with Gasteiger partial charge >= 0.3 is 0 Å². The molecule has 1 atom stereocenters. The lowest BCUT2D eigenvalue weighted by atomic mass is 10.1. The summed E-state index contributed by atoms with van der Waals surface area (Å²) in [5.41, 5.74) is 6.45. The largest absolute Gasteiger partial charge is 0.355 e. The van der Waals surface area contributed by atoms with Crippen LogP contribution in [0.5, 0.6) is 0 Å². The van der Waals surface area contributed by atoms with Gasteiger partial charge in [0.05, 0.1) is 11.0 Å². The Morgan fingerprint density at radius 2 is 2.08 bits per heavy atom. The Kier molecular flexibility index (Phi) is 1.77. The number of benzene rings is 1. The number of non-ortho nitro benzene ring substituents is 1. The van der Waals surface area contributed by atoms with E-state index in [-0.39, 0.29) is 10.6 Å². The standard InChI is InChI=1S/C9H10N2O2/c10-8-3-6-1-2-9(11(12)13)5-7(6)4-8/h1-2,5,8H,3-4,10H2/p+1. The molecule has 2 rings (SSSR count). The molecule has 1 unspecified atom stereocenters. The van der Waals surface area contributed by atoms with E-state index >= 15 is 0 Å². The van der Waals surface area contributed by atoms with E-state index in [1.54, 1.807) is 12.1 Å². The van der Waals surface area contributed by atoms with E-state index in [0.717, 1.165) is 18.4 Å². The second-order valence-corrected chi connectivity index (χ2v) is 3.48. The Balaban J connectivity index is 2.40. The minimum atomic E-state index is -0.351. The van der Waals surface area contributed by atoms with Crippen LogP contribution in [0.1, 0.15) is 11.1 Å². The predicted molar refractivity (Wildman–Crippen MR) is 47.2 cm³/mol. The number of nitro groups is 1. The van der Waals surface area contributed by atoms with Gasteiger partial charge in [0.25, 0.3) is 5.69 Å². The van der Waals surface area contributed by atoms with Gasteiger partial charge in [-0.3, -0.25) is 10.1 Å². The average molecular weight is 179 g/mol. The average Bonchev–Trinajstić information content (AvgIpc) is 2.42. The summed E-state index contributed by atoms with van der Waals surface area (Å²) in [4.78, 5) is 10.1. The van der Waals surface area contributed by atoms with E-state index in [2.05, 4.69) is 5.73 Å². The summed E-state index contributed by atoms with van der Waals surface area (Å²) in [6.07, 6.45) is 1.82. The van der Waals surface area contributed by atoms with Gasteiger partial charge < -0.3 is 5.73 Å². The number of fused-ring (bicyclic) bond motifs is 1. The van der Waals surface area contributed by atoms with Crippen LogP contribution in [0.25, 0.3) is 0 Å². The molecule has 0 heterocycles. The van der Waals surface area contributed by atoms with Crippen molar-refractivity contribution >= 4 is 5.69 Å². The molecule has 0 saturated heterocycles. The van der Waals surface area contributed by atoms with Crippen LogP contribution >= 0.6 is 0 Å². The van der Waals surface area contributed by atoms with Crippen LogP contribution < -0.4 is 5.73 Å². The van der Waals surface area contributed by atoms with Crippen LogP contribution in [0, 0.1) is 10.1 Å². The predicted octanol–water partition coefficient (Wildman–Crippen LogP) is 0.304. The van der Waals surface area contributed by atoms with Crippen molar-refractivity contribution in [3.8, 4) is 0 Å². The van der Waals surface area contributed by atoms with Gasteiger partial charge in [0, 0.05) is 25.0 Å². The van der Waals surface area contributed by atoms with E-state index in [4.69, 9.17) is 0 Å². The minimum absolute atomic E-state index is 0.188. The highest BCUT2D eigenvalue weighted by molar-refractivity contribution is 5.42. The fourth-order valence-electron chi connectivity index (χ4n) is 1.81. The number of rotatable bonds is 1. The smallest absolute Gasteiger partial charge is 0.269 e. The van der Waals surface area contributed by atoms with E-state index < -0.39 is 0 Å². The molecule has 68 valence electrons. The summed E-state index contributed by atoms with van der Waals surface area (Å²) < 4.78 is 0. The van der Waals surface area contributed by atoms with E-state index in [9.17, 15) is 10.1 Å². The van der Waals surface area contributed by atoms with Gasteiger partial charge in [-0.05, 0) is 11.1 Å². The quantitative estimate of drug-likeness (QED) is 0.497. The maximum absolute atomic E-state index is 10.5. The Hall–Kier alpha value is -1.42. The van der Waals surface area contributed by atoms with Crippen molar-refractivity contribution < 1.29 is 10.7 Å². The van der Waals surface area contributed by atoms with Gasteiger partial charge in [-0.25, -0.2) is 0 Å². The van der Waals surface area contributed by atoms with E-state index in [0.29, 0.717) is 6.04 Å². The number of hydrogen-bond acceptors (Lipinski definition) is 2. The van der Waals surface area contributed by atoms with Crippen LogP contribution in [0.2, 0.25) is 0 Å². The molecule has 0 radical (unpaired) electrons. The molecule has 0 spiro atoms. The van der Waals surface area contributed by atoms with Crippen LogP contribution in [-0.4, -0.2) is 11.0 Å². The van der Waals surface area contributed by atoms with Crippen molar-refractivity contribution in [1.29, 1.82) is 0 Å². The zero-order valence-electron chi connectivity index (χ0n) is 7.19. The minimum Gasteiger partial charge on any atom is -0.355 e. The third-order valence-electron chi connectivity index (χ3n) is 2.42. The van der Waals surface area contributed by atoms with Crippen LogP contribution in [0.4, 0.5) is 5.69 Å². The SMILES string of the molecule is [NH3+]C1Cc2ccc([N+](=O)[O-])cc2C1. The van der Waals surface area contributed by atoms with Gasteiger partial charge in [-0.1, -0.05) is 6.07 Å². The van der Waals surface area contributed by atoms with Gasteiger partial charge in [-0.2, -0.15) is 0 Å². The highest BCUT2D eigenvalue weighted by Gasteiger charge is 2.22. The molecule has 13 heavy (non-hydrogen) atoms. The molecule has 0 bridgehead atoms. The fourth-order valence-corrected chi connectivity index (χ4v) is 1.81. The highest BCUT2D eigenvalue weighted by Crippen LogP contribution is 2.24. The zero-order chi connectivity index (χ0) is 9.42. The Labute approximate surface area is 75.5 Å². The molecule has 4 nitrogen and oxygen atoms in total. The summed E-state index contributed by atoms with van der Waals surface area (Å²) >= 11 is 0. The van der Waals surface area contributed by atoms with Crippen molar-refractivity contribution in [3.05, 3.63) is 39.4 Å². The van der Waals surface area contributed by atoms with Gasteiger partial charge in [-0.15, -0.1) is 0 Å². The molecule has 1 aliphatic rings. The lowest BCUT2D eigenvalue weighted by molar-refractivity contribution is -0.416. The maximum atomic E-state index is 10.5. The Morgan fingerprint density at radius 1 is 1.38 bits per heavy atom. The van der Waals surface area contributed by atoms with Crippen molar-refractivity contribution in [2.24, 2.45) is 0 Å². The topological polar surface area (TPSA) is 70.8 Å². The molecular weight excluding hydrogens is 168 g/mol. The maximum Gasteiger partial charge on any atom is 0.269 e. The van der Waals surface area contributed by atoms with E-state index in [1.807, 2.05) is 6.07 Å². The molecule has 0 fully saturated rings. The second-order valence-electron chi connectivity index (χ2n) is 3.48. The third-order valence-corrected chi connectivity index (χ3v) is 2.42. The summed E-state index contributed by atoms with van der Waals surface area (Å²) in [6.45, 7) is 0. The lowest BCUT2D eigenvalue weighted by Gasteiger charge is -1.96. The molecule has 0 amide bonds. The summed E-state index contributed by atoms with van der Waals surface area (Å²) in [7, 11) is 0. The van der Waals surface area contributed by atoms with Gasteiger partial charge in [0.1, 0.15) is 0 Å². The monoisotopic (exact) mass is 179 g/mol. The molecule has 0 aliphatic heterocycles. The van der Waals surface area contributed by atoms with Crippen molar-refractivity contribution in [1.82, 2.24) is 0 Å². The van der Waals surface area contributed by atoms with Gasteiger partial charge in [0.2, 0.25) is 0 Å². The lowest BCUT2D eigenvalue weighted by Crippen LogP contribution is -2.61. The second kappa shape index (κ2) is 2.81. The molecule has 0 aromatic heterocycles. The Morgan fingerprint density at radius 3 is 2.77 bits per heavy atom. The first-order chi connectivity index (χ1) is 6.16. The number of quaternary nitrogens is 1. The molecule has 1 aliphatic carbocycles. The van der Waals surface area contributed by atoms with Crippen molar-refractivity contribution in [2.45, 2.75) is 18.9 Å². The first-order valence-electron chi connectivity index (χ1n) is 4.26. The number of nitrogens with zero attached hydrogens (tertiary/aromatic N) is 1. The molecule has 1 aromatic carbocycles. The zero-order valence-corrected chi connectivity index (χ0v) is 7.19. The number of nitro benzene ring substituents is 1. The van der Waals surface area contributed by atoms with Crippen molar-refractivity contribution in [3.63, 3.8) is 0 Å². The van der Waals surface area contributed by atoms with Crippen LogP contribution in [-0.2, 0) is 12.8 Å². The van der Waals surface area contributed by atoms with Crippen molar-refractivity contribution in [2.75, 3.05) is 0 Å². The van der Waals surface area contributed by atoms with Gasteiger partial charge in [0.15, 0.2) is 0 Å². The molecular formula is C9H11N2O2+. The summed E-state index contributed by atoms with van der Waals surface area (Å²) in [6, 6.07) is 5.47. The molecule has 4 heteroatoms. The summed E-state index contributed by atoms with van der Waals surface area (Å²) in [5, 5.41) is 10.5. The van der Waals surface area contributed by atoms with Crippen LogP contribution in [0.3, 0.4) is 0 Å². The molecule has 0 saturated carbocycles.